The molecule has 2 heterocycles. The van der Waals surface area contributed by atoms with E-state index in [1.165, 1.54) is 12.3 Å². The summed E-state index contributed by atoms with van der Waals surface area (Å²) in [6, 6.07) is 2.63. The number of H-pyrrole nitrogens is 1. The number of nitrogens with one attached hydrogen (secondary N) is 2. The molecular weight excluding hydrogens is 349 g/mol. The lowest BCUT2D eigenvalue weighted by Gasteiger charge is -2.11. The summed E-state index contributed by atoms with van der Waals surface area (Å²) in [7, 11) is 0. The molecule has 1 amide bonds. The molecule has 0 spiro atoms. The van der Waals surface area contributed by atoms with E-state index in [2.05, 4.69) is 20.3 Å². The van der Waals surface area contributed by atoms with Crippen LogP contribution in [0.5, 0.6) is 0 Å². The Hall–Kier alpha value is -1.77. The van der Waals surface area contributed by atoms with Gasteiger partial charge in [-0.2, -0.15) is 0 Å². The van der Waals surface area contributed by atoms with Gasteiger partial charge in [0.25, 0.3) is 5.56 Å². The SMILES string of the molecule is C[C@H](Sc1nc(N)cc(=O)[nH]1)C(=O)Nc1ncc(Cl)cc1Cl. The molecule has 2 aromatic rings. The van der Waals surface area contributed by atoms with Crippen molar-refractivity contribution in [1.29, 1.82) is 0 Å². The molecule has 4 N–H and O–H groups in total. The van der Waals surface area contributed by atoms with Gasteiger partial charge in [0.2, 0.25) is 5.91 Å². The van der Waals surface area contributed by atoms with Gasteiger partial charge in [0.15, 0.2) is 11.0 Å². The summed E-state index contributed by atoms with van der Waals surface area (Å²) in [5, 5.41) is 2.87. The van der Waals surface area contributed by atoms with E-state index in [0.29, 0.717) is 5.02 Å². The largest absolute Gasteiger partial charge is 0.383 e. The summed E-state index contributed by atoms with van der Waals surface area (Å²) >= 11 is 12.7. The zero-order chi connectivity index (χ0) is 16.3. The zero-order valence-electron chi connectivity index (χ0n) is 11.3. The summed E-state index contributed by atoms with van der Waals surface area (Å²) in [5.74, 6) is -0.0642. The molecule has 22 heavy (non-hydrogen) atoms. The van der Waals surface area contributed by atoms with Crippen LogP contribution in [0.2, 0.25) is 10.0 Å². The maximum atomic E-state index is 12.1. The molecule has 0 radical (unpaired) electrons. The molecule has 0 bridgehead atoms. The van der Waals surface area contributed by atoms with E-state index in [4.69, 9.17) is 28.9 Å². The fourth-order valence-electron chi connectivity index (χ4n) is 1.45. The molecule has 0 fully saturated rings. The van der Waals surface area contributed by atoms with Gasteiger partial charge >= 0.3 is 0 Å². The monoisotopic (exact) mass is 359 g/mol. The highest BCUT2D eigenvalue weighted by atomic mass is 35.5. The van der Waals surface area contributed by atoms with Crippen LogP contribution in [0.25, 0.3) is 0 Å². The Labute approximate surface area is 139 Å². The zero-order valence-corrected chi connectivity index (χ0v) is 13.6. The molecule has 10 heteroatoms. The predicted molar refractivity (Wildman–Crippen MR) is 87.5 cm³/mol. The maximum Gasteiger partial charge on any atom is 0.253 e. The van der Waals surface area contributed by atoms with Crippen LogP contribution in [0.1, 0.15) is 6.92 Å². The highest BCUT2D eigenvalue weighted by Crippen LogP contribution is 2.24. The van der Waals surface area contributed by atoms with Gasteiger partial charge in [-0.1, -0.05) is 35.0 Å². The third kappa shape index (κ3) is 4.36. The Morgan fingerprint density at radius 3 is 2.82 bits per heavy atom. The number of rotatable bonds is 4. The second-order valence-electron chi connectivity index (χ2n) is 4.21. The number of nitrogens with zero attached hydrogens (tertiary/aromatic N) is 2. The minimum absolute atomic E-state index is 0.0845. The number of nitrogens with two attached hydrogens (primary N) is 1. The van der Waals surface area contributed by atoms with E-state index >= 15 is 0 Å². The second kappa shape index (κ2) is 6.99. The smallest absolute Gasteiger partial charge is 0.253 e. The van der Waals surface area contributed by atoms with Crippen molar-refractivity contribution >= 4 is 52.5 Å². The summed E-state index contributed by atoms with van der Waals surface area (Å²) in [6.45, 7) is 1.65. The van der Waals surface area contributed by atoms with E-state index in [-0.39, 0.29) is 33.3 Å². The Morgan fingerprint density at radius 2 is 2.18 bits per heavy atom. The van der Waals surface area contributed by atoms with Crippen molar-refractivity contribution in [2.45, 2.75) is 17.3 Å². The second-order valence-corrected chi connectivity index (χ2v) is 6.38. The quantitative estimate of drug-likeness (QED) is 0.569. The van der Waals surface area contributed by atoms with Gasteiger partial charge in [-0.15, -0.1) is 0 Å². The Kier molecular flexibility index (Phi) is 5.28. The summed E-state index contributed by atoms with van der Waals surface area (Å²) < 4.78 is 0. The average molecular weight is 360 g/mol. The lowest BCUT2D eigenvalue weighted by atomic mass is 10.4. The van der Waals surface area contributed by atoms with Gasteiger partial charge in [-0.25, -0.2) is 9.97 Å². The minimum Gasteiger partial charge on any atom is -0.383 e. The first kappa shape index (κ1) is 16.6. The van der Waals surface area contributed by atoms with Crippen molar-refractivity contribution in [3.63, 3.8) is 0 Å². The molecule has 0 aliphatic rings. The van der Waals surface area contributed by atoms with Crippen LogP contribution in [0, 0.1) is 0 Å². The number of hydrogen-bond acceptors (Lipinski definition) is 6. The standard InChI is InChI=1S/C12H11Cl2N5O2S/c1-5(22-12-17-8(15)3-9(20)18-12)11(21)19-10-7(14)2-6(13)4-16-10/h2-5H,1H3,(H,16,19,21)(H3,15,17,18,20)/t5-/m0/s1. The summed E-state index contributed by atoms with van der Waals surface area (Å²) in [4.78, 5) is 33.8. The topological polar surface area (TPSA) is 114 Å². The first-order chi connectivity index (χ1) is 10.3. The Balaban J connectivity index is 2.07. The van der Waals surface area contributed by atoms with Crippen molar-refractivity contribution < 1.29 is 4.79 Å². The van der Waals surface area contributed by atoms with Gasteiger partial charge < -0.3 is 16.0 Å². The number of anilines is 2. The molecule has 0 saturated carbocycles. The average Bonchev–Trinajstić information content (AvgIpc) is 2.40. The fraction of sp³-hybridized carbons (Fsp3) is 0.167. The van der Waals surface area contributed by atoms with Crippen molar-refractivity contribution in [2.24, 2.45) is 0 Å². The molecule has 1 atom stereocenters. The van der Waals surface area contributed by atoms with Gasteiger partial charge in [0, 0.05) is 12.3 Å². The number of aromatic amines is 1. The minimum atomic E-state index is -0.557. The van der Waals surface area contributed by atoms with Gasteiger partial charge in [-0.05, 0) is 13.0 Å². The van der Waals surface area contributed by atoms with Gasteiger partial charge in [-0.3, -0.25) is 9.59 Å². The maximum absolute atomic E-state index is 12.1. The first-order valence-electron chi connectivity index (χ1n) is 6.00. The van der Waals surface area contributed by atoms with Crippen LogP contribution in [0.4, 0.5) is 11.6 Å². The number of hydrogen-bond donors (Lipinski definition) is 3. The molecular formula is C12H11Cl2N5O2S. The lowest BCUT2D eigenvalue weighted by Crippen LogP contribution is -2.24. The summed E-state index contributed by atoms with van der Waals surface area (Å²) in [6.07, 6.45) is 1.37. The predicted octanol–water partition coefficient (Wildman–Crippen LogP) is 2.17. The van der Waals surface area contributed by atoms with E-state index in [9.17, 15) is 9.59 Å². The van der Waals surface area contributed by atoms with Crippen LogP contribution in [-0.4, -0.2) is 26.1 Å². The van der Waals surface area contributed by atoms with Gasteiger partial charge in [0.05, 0.1) is 15.3 Å². The highest BCUT2D eigenvalue weighted by molar-refractivity contribution is 8.00. The normalized spacial score (nSPS) is 12.0. The molecule has 0 aliphatic heterocycles. The first-order valence-corrected chi connectivity index (χ1v) is 7.64. The number of nitrogen functional groups attached to an aromatic ring is 1. The van der Waals surface area contributed by atoms with E-state index in [1.807, 2.05) is 0 Å². The third-order valence-corrected chi connectivity index (χ3v) is 3.93. The number of pyridine rings is 1. The van der Waals surface area contributed by atoms with Crippen molar-refractivity contribution in [1.82, 2.24) is 15.0 Å². The van der Waals surface area contributed by atoms with Crippen LogP contribution in [0.3, 0.4) is 0 Å². The summed E-state index contributed by atoms with van der Waals surface area (Å²) in [5.41, 5.74) is 5.10. The molecule has 0 unspecified atom stereocenters. The fourth-order valence-corrected chi connectivity index (χ4v) is 2.70. The van der Waals surface area contributed by atoms with Crippen molar-refractivity contribution in [3.8, 4) is 0 Å². The molecule has 0 aliphatic carbocycles. The van der Waals surface area contributed by atoms with E-state index in [0.717, 1.165) is 17.8 Å². The number of carbonyl (C=O) groups excluding carboxylic acids is 1. The molecule has 2 rings (SSSR count). The number of thioether (sulfide) groups is 1. The van der Waals surface area contributed by atoms with Crippen molar-refractivity contribution in [2.75, 3.05) is 11.1 Å². The lowest BCUT2D eigenvalue weighted by molar-refractivity contribution is -0.115. The molecule has 0 aromatic carbocycles. The van der Waals surface area contributed by atoms with Crippen molar-refractivity contribution in [3.05, 3.63) is 38.7 Å². The highest BCUT2D eigenvalue weighted by Gasteiger charge is 2.18. The Morgan fingerprint density at radius 1 is 1.45 bits per heavy atom. The number of halogens is 2. The molecule has 116 valence electrons. The molecule has 0 saturated heterocycles. The Bertz CT molecular complexity index is 767. The third-order valence-electron chi connectivity index (χ3n) is 2.45. The van der Waals surface area contributed by atoms with Crippen LogP contribution in [-0.2, 0) is 4.79 Å². The number of carbonyl (C=O) groups is 1. The van der Waals surface area contributed by atoms with Crippen LogP contribution < -0.4 is 16.6 Å². The number of amides is 1. The van der Waals surface area contributed by atoms with Crippen LogP contribution in [0.15, 0.2) is 28.3 Å². The molecule has 7 nitrogen and oxygen atoms in total. The van der Waals surface area contributed by atoms with E-state index in [1.54, 1.807) is 6.92 Å². The van der Waals surface area contributed by atoms with Crippen LogP contribution >= 0.6 is 35.0 Å². The van der Waals surface area contributed by atoms with E-state index < -0.39 is 5.25 Å². The number of aromatic nitrogens is 3. The van der Waals surface area contributed by atoms with Gasteiger partial charge in [0.1, 0.15) is 5.82 Å². The molecule has 2 aromatic heterocycles.